The lowest BCUT2D eigenvalue weighted by Gasteiger charge is -2.17. The van der Waals surface area contributed by atoms with E-state index in [0.29, 0.717) is 18.6 Å². The molecule has 0 bridgehead atoms. The fourth-order valence-corrected chi connectivity index (χ4v) is 3.68. The molecule has 3 N–H and O–H groups in total. The molecule has 216 valence electrons. The van der Waals surface area contributed by atoms with Crippen LogP contribution in [0.1, 0.15) is 53.7 Å². The minimum Gasteiger partial charge on any atom is -0.489 e. The molecule has 14 heteroatoms. The van der Waals surface area contributed by atoms with Crippen molar-refractivity contribution in [3.8, 4) is 23.0 Å². The van der Waals surface area contributed by atoms with Crippen LogP contribution in [0.15, 0.2) is 40.8 Å². The molecule has 0 spiro atoms. The van der Waals surface area contributed by atoms with Gasteiger partial charge in [-0.25, -0.2) is 18.6 Å². The van der Waals surface area contributed by atoms with Gasteiger partial charge in [-0.3, -0.25) is 4.79 Å². The zero-order valence-corrected chi connectivity index (χ0v) is 22.1. The number of oxazole rings is 1. The Morgan fingerprint density at radius 2 is 1.88 bits per heavy atom. The summed E-state index contributed by atoms with van der Waals surface area (Å²) in [5.41, 5.74) is 5.58. The van der Waals surface area contributed by atoms with Crippen molar-refractivity contribution >= 4 is 24.3 Å². The summed E-state index contributed by atoms with van der Waals surface area (Å²) in [6.45, 7) is -1.25. The third-order valence-electron chi connectivity index (χ3n) is 5.85. The molecule has 0 radical (unpaired) electrons. The minimum absolute atomic E-state index is 0. The minimum atomic E-state index is -3.07. The summed E-state index contributed by atoms with van der Waals surface area (Å²) in [6, 6.07) is 4.00. The van der Waals surface area contributed by atoms with E-state index in [4.69, 9.17) is 14.9 Å². The number of methoxy groups -OCH3 is 1. The van der Waals surface area contributed by atoms with E-state index in [1.807, 2.05) is 0 Å². The predicted molar refractivity (Wildman–Crippen MR) is 135 cm³/mol. The Labute approximate surface area is 232 Å². The molecule has 0 aliphatic heterocycles. The molecular weight excluding hydrogens is 562 g/mol. The predicted octanol–water partition coefficient (Wildman–Crippen LogP) is 5.10. The number of halogens is 5. The summed E-state index contributed by atoms with van der Waals surface area (Å²) >= 11 is 0. The molecular formula is C26H26ClF4N3O6. The quantitative estimate of drug-likeness (QED) is 0.235. The van der Waals surface area contributed by atoms with Gasteiger partial charge >= 0.3 is 12.6 Å². The van der Waals surface area contributed by atoms with Crippen molar-refractivity contribution in [3.05, 3.63) is 65.1 Å². The van der Waals surface area contributed by atoms with E-state index in [0.717, 1.165) is 32.1 Å². The fraction of sp³-hybridized carbons (Fsp3) is 0.346. The molecule has 1 saturated carbocycles. The van der Waals surface area contributed by atoms with Crippen LogP contribution in [-0.2, 0) is 9.53 Å². The third kappa shape index (κ3) is 7.21. The van der Waals surface area contributed by atoms with Crippen LogP contribution < -0.4 is 20.5 Å². The molecule has 1 aliphatic carbocycles. The second-order valence-corrected chi connectivity index (χ2v) is 8.91. The normalized spacial score (nSPS) is 14.2. The van der Waals surface area contributed by atoms with Crippen LogP contribution in [0.3, 0.4) is 0 Å². The monoisotopic (exact) mass is 587 g/mol. The molecule has 2 aromatic carbocycles. The van der Waals surface area contributed by atoms with Crippen LogP contribution in [0.5, 0.6) is 11.5 Å². The van der Waals surface area contributed by atoms with Crippen molar-refractivity contribution in [2.75, 3.05) is 13.7 Å². The summed E-state index contributed by atoms with van der Waals surface area (Å²) in [5.74, 6) is -3.94. The van der Waals surface area contributed by atoms with Gasteiger partial charge in [0.15, 0.2) is 29.0 Å². The number of nitrogens with one attached hydrogen (secondary N) is 1. The largest absolute Gasteiger partial charge is 0.489 e. The molecule has 9 nitrogen and oxygen atoms in total. The summed E-state index contributed by atoms with van der Waals surface area (Å²) in [7, 11) is 1.04. The SMILES string of the molecule is COC(=O)C(NC(=O)c1nc(-c2ccc(OC(F)F)c(OCC3CC3)c2)oc1[C@H](C)N)c1ccc(F)cc1F.Cl. The van der Waals surface area contributed by atoms with Crippen LogP contribution in [0.4, 0.5) is 17.6 Å². The number of rotatable bonds is 11. The molecule has 1 amide bonds. The number of benzene rings is 2. The Morgan fingerprint density at radius 1 is 1.15 bits per heavy atom. The lowest BCUT2D eigenvalue weighted by Crippen LogP contribution is -2.36. The van der Waals surface area contributed by atoms with E-state index in [-0.39, 0.29) is 52.4 Å². The first-order valence-corrected chi connectivity index (χ1v) is 11.9. The number of nitrogens with zero attached hydrogens (tertiary/aromatic N) is 1. The molecule has 1 unspecified atom stereocenters. The number of carbonyl (C=O) groups excluding carboxylic acids is 2. The van der Waals surface area contributed by atoms with Gasteiger partial charge in [-0.15, -0.1) is 12.4 Å². The topological polar surface area (TPSA) is 126 Å². The average molecular weight is 588 g/mol. The number of carbonyl (C=O) groups is 2. The van der Waals surface area contributed by atoms with Crippen LogP contribution in [0, 0.1) is 17.6 Å². The zero-order chi connectivity index (χ0) is 28.3. The number of esters is 1. The van der Waals surface area contributed by atoms with E-state index in [1.54, 1.807) is 0 Å². The standard InChI is InChI=1S/C26H25F4N3O6.ClH/c1-12(31)22-21(23(34)32-20(25(35)36-2)16-7-6-15(27)10-17(16)28)33-24(39-22)14-5-8-18(38-26(29)30)19(9-14)37-11-13-3-4-13;/h5-10,12-13,20,26H,3-4,11,31H2,1-2H3,(H,32,34);1H/t12-,20?;/m0./s1. The Morgan fingerprint density at radius 3 is 2.48 bits per heavy atom. The van der Waals surface area contributed by atoms with Crippen LogP contribution >= 0.6 is 12.4 Å². The molecule has 4 rings (SSSR count). The highest BCUT2D eigenvalue weighted by atomic mass is 35.5. The summed E-state index contributed by atoms with van der Waals surface area (Å²) in [6.07, 6.45) is 1.93. The van der Waals surface area contributed by atoms with E-state index in [9.17, 15) is 27.2 Å². The molecule has 1 fully saturated rings. The first-order chi connectivity index (χ1) is 18.6. The number of hydrogen-bond acceptors (Lipinski definition) is 8. The first-order valence-electron chi connectivity index (χ1n) is 11.9. The number of ether oxygens (including phenoxy) is 3. The van der Waals surface area contributed by atoms with Gasteiger partial charge in [0.05, 0.1) is 19.8 Å². The maximum Gasteiger partial charge on any atom is 0.387 e. The maximum atomic E-state index is 14.4. The van der Waals surface area contributed by atoms with Crippen molar-refractivity contribution in [1.29, 1.82) is 0 Å². The van der Waals surface area contributed by atoms with E-state index in [1.165, 1.54) is 25.1 Å². The van der Waals surface area contributed by atoms with Gasteiger partial charge in [0, 0.05) is 17.2 Å². The van der Waals surface area contributed by atoms with Gasteiger partial charge in [0.25, 0.3) is 5.91 Å². The smallest absolute Gasteiger partial charge is 0.387 e. The Hall–Kier alpha value is -3.84. The highest BCUT2D eigenvalue weighted by Crippen LogP contribution is 2.37. The Balaban J connectivity index is 0.00000441. The second-order valence-electron chi connectivity index (χ2n) is 8.91. The second kappa shape index (κ2) is 13.0. The Bertz CT molecular complexity index is 1370. The van der Waals surface area contributed by atoms with Crippen LogP contribution in [-0.4, -0.2) is 37.2 Å². The van der Waals surface area contributed by atoms with E-state index >= 15 is 0 Å². The summed E-state index contributed by atoms with van der Waals surface area (Å²) in [4.78, 5) is 29.8. The van der Waals surface area contributed by atoms with Gasteiger partial charge in [-0.1, -0.05) is 6.07 Å². The lowest BCUT2D eigenvalue weighted by molar-refractivity contribution is -0.143. The van der Waals surface area contributed by atoms with Crippen molar-refractivity contribution < 1.29 is 45.8 Å². The molecule has 40 heavy (non-hydrogen) atoms. The number of nitrogens with two attached hydrogens (primary N) is 1. The number of hydrogen-bond donors (Lipinski definition) is 2. The van der Waals surface area contributed by atoms with Gasteiger partial charge in [0.1, 0.15) is 11.6 Å². The van der Waals surface area contributed by atoms with Crippen LogP contribution in [0.25, 0.3) is 11.5 Å². The highest BCUT2D eigenvalue weighted by molar-refractivity contribution is 5.97. The fourth-order valence-electron chi connectivity index (χ4n) is 3.68. The van der Waals surface area contributed by atoms with Crippen molar-refractivity contribution in [3.63, 3.8) is 0 Å². The lowest BCUT2D eigenvalue weighted by atomic mass is 10.1. The van der Waals surface area contributed by atoms with Gasteiger partial charge in [0.2, 0.25) is 5.89 Å². The first kappa shape index (κ1) is 30.7. The van der Waals surface area contributed by atoms with E-state index in [2.05, 4.69) is 19.8 Å². The van der Waals surface area contributed by atoms with Crippen molar-refractivity contribution in [2.24, 2.45) is 11.7 Å². The molecule has 2 atom stereocenters. The summed E-state index contributed by atoms with van der Waals surface area (Å²) in [5, 5.41) is 2.32. The molecule has 1 aliphatic rings. The van der Waals surface area contributed by atoms with Crippen molar-refractivity contribution in [1.82, 2.24) is 10.3 Å². The highest BCUT2D eigenvalue weighted by Gasteiger charge is 2.31. The summed E-state index contributed by atoms with van der Waals surface area (Å²) < 4.78 is 74.2. The van der Waals surface area contributed by atoms with Crippen molar-refractivity contribution in [2.45, 2.75) is 38.5 Å². The number of amides is 1. The average Bonchev–Trinajstić information content (AvgIpc) is 3.61. The number of aromatic nitrogens is 1. The zero-order valence-electron chi connectivity index (χ0n) is 21.3. The molecule has 3 aromatic rings. The third-order valence-corrected chi connectivity index (χ3v) is 5.85. The molecule has 0 saturated heterocycles. The van der Waals surface area contributed by atoms with Crippen LogP contribution in [0.2, 0.25) is 0 Å². The van der Waals surface area contributed by atoms with E-state index < -0.39 is 42.2 Å². The number of alkyl halides is 2. The van der Waals surface area contributed by atoms with Gasteiger partial charge < -0.3 is 29.7 Å². The maximum absolute atomic E-state index is 14.4. The molecule has 1 aromatic heterocycles. The van der Waals surface area contributed by atoms with Gasteiger partial charge in [-0.2, -0.15) is 8.78 Å². The Kier molecular flexibility index (Phi) is 9.98. The van der Waals surface area contributed by atoms with Gasteiger partial charge in [-0.05, 0) is 49.9 Å². The molecule has 1 heterocycles.